The summed E-state index contributed by atoms with van der Waals surface area (Å²) in [6.07, 6.45) is 0.151. The van der Waals surface area contributed by atoms with Crippen LogP contribution in [0, 0.1) is 0 Å². The normalized spacial score (nSPS) is 17.0. The number of carboxylic acid groups (broad SMARTS) is 1. The van der Waals surface area contributed by atoms with Crippen LogP contribution in [0.1, 0.15) is 34.4 Å². The van der Waals surface area contributed by atoms with Gasteiger partial charge in [-0.3, -0.25) is 14.5 Å². The van der Waals surface area contributed by atoms with E-state index in [1.807, 2.05) is 72.8 Å². The molecular formula is C40H31IN6O5S4. The highest BCUT2D eigenvalue weighted by Gasteiger charge is 2.50. The van der Waals surface area contributed by atoms with E-state index in [0.717, 1.165) is 48.7 Å². The number of hydrogen-bond donors (Lipinski definition) is 3. The topological polar surface area (TPSA) is 146 Å². The molecule has 0 saturated carbocycles. The van der Waals surface area contributed by atoms with E-state index < -0.39 is 28.2 Å². The van der Waals surface area contributed by atoms with Crippen LogP contribution in [-0.4, -0.2) is 61.3 Å². The van der Waals surface area contributed by atoms with Gasteiger partial charge in [0.15, 0.2) is 15.2 Å². The van der Waals surface area contributed by atoms with Gasteiger partial charge in [-0.15, -0.1) is 34.4 Å². The van der Waals surface area contributed by atoms with Gasteiger partial charge in [-0.1, -0.05) is 137 Å². The molecular weight excluding hydrogens is 900 g/mol. The van der Waals surface area contributed by atoms with Gasteiger partial charge in [0.2, 0.25) is 5.91 Å². The molecule has 0 radical (unpaired) electrons. The lowest BCUT2D eigenvalue weighted by molar-refractivity contribution is -0.146. The van der Waals surface area contributed by atoms with Gasteiger partial charge in [-0.05, 0) is 34.4 Å². The molecule has 2 aliphatic heterocycles. The summed E-state index contributed by atoms with van der Waals surface area (Å²) < 4.78 is 2.35. The Bertz CT molecular complexity index is 2400. The van der Waals surface area contributed by atoms with E-state index in [4.69, 9.17) is 14.8 Å². The van der Waals surface area contributed by atoms with Crippen molar-refractivity contribution in [2.75, 3.05) is 12.4 Å². The van der Waals surface area contributed by atoms with Crippen LogP contribution >= 0.6 is 68.8 Å². The standard InChI is InChI=1S/C40H31IN6O5S4/c1-52-46-32(28-22-53-38(42-28)45-40(24-11-5-2-6-12-24,25-13-7-3-8-14-25)26-15-9-4-10-16-26)35(49)44-36-34(33(37(50)51)47-30(48)20-31(47)55-36)56-39-43-27-19-23(21-41)17-18-29(27)54-39/h2-19,22,31,36H,20-21H2,1H3,(H,42,45)(H,44,49)(H,50,51)/t31-,36?/m0/s1. The number of rotatable bonds is 13. The average molecular weight is 931 g/mol. The first-order valence-electron chi connectivity index (χ1n) is 17.2. The second-order valence-electron chi connectivity index (χ2n) is 12.6. The van der Waals surface area contributed by atoms with Crippen LogP contribution in [-0.2, 0) is 29.2 Å². The predicted molar refractivity (Wildman–Crippen MR) is 231 cm³/mol. The summed E-state index contributed by atoms with van der Waals surface area (Å²) in [6.45, 7) is 0. The lowest BCUT2D eigenvalue weighted by Crippen LogP contribution is -2.57. The highest BCUT2D eigenvalue weighted by atomic mass is 127. The van der Waals surface area contributed by atoms with E-state index in [0.29, 0.717) is 9.47 Å². The lowest BCUT2D eigenvalue weighted by Gasteiger charge is -2.46. The van der Waals surface area contributed by atoms with E-state index in [9.17, 15) is 19.5 Å². The number of β-lactam (4-membered cyclic amide) rings is 1. The number of nitrogens with zero attached hydrogens (tertiary/aromatic N) is 4. The number of alkyl halides is 1. The summed E-state index contributed by atoms with van der Waals surface area (Å²) in [6, 6.07) is 36.3. The van der Waals surface area contributed by atoms with Crippen molar-refractivity contribution < 1.29 is 24.3 Å². The molecule has 4 heterocycles. The number of carboxylic acids is 1. The maximum absolute atomic E-state index is 14.3. The predicted octanol–water partition coefficient (Wildman–Crippen LogP) is 8.28. The second-order valence-corrected chi connectivity index (χ2v) is 17.8. The van der Waals surface area contributed by atoms with E-state index >= 15 is 0 Å². The molecule has 2 aromatic heterocycles. The van der Waals surface area contributed by atoms with Crippen molar-refractivity contribution in [2.24, 2.45) is 5.16 Å². The van der Waals surface area contributed by atoms with Gasteiger partial charge in [0.05, 0.1) is 26.9 Å². The molecule has 56 heavy (non-hydrogen) atoms. The largest absolute Gasteiger partial charge is 0.477 e. The number of aliphatic carboxylic acids is 1. The molecule has 8 rings (SSSR count). The van der Waals surface area contributed by atoms with Crippen molar-refractivity contribution >= 4 is 108 Å². The van der Waals surface area contributed by atoms with Crippen molar-refractivity contribution in [3.8, 4) is 0 Å². The molecule has 1 saturated heterocycles. The number of hydrogen-bond acceptors (Lipinski definition) is 12. The van der Waals surface area contributed by atoms with Crippen LogP contribution < -0.4 is 10.6 Å². The van der Waals surface area contributed by atoms with E-state index in [1.165, 1.54) is 46.4 Å². The van der Waals surface area contributed by atoms with Gasteiger partial charge >= 0.3 is 5.97 Å². The molecule has 0 bridgehead atoms. The van der Waals surface area contributed by atoms with Crippen LogP contribution in [0.4, 0.5) is 5.13 Å². The number of carbonyl (C=O) groups is 3. The summed E-state index contributed by atoms with van der Waals surface area (Å²) >= 11 is 7.45. The maximum atomic E-state index is 14.3. The molecule has 2 aliphatic rings. The molecule has 11 nitrogen and oxygen atoms in total. The lowest BCUT2D eigenvalue weighted by atomic mass is 9.77. The van der Waals surface area contributed by atoms with Crippen LogP contribution in [0.25, 0.3) is 10.2 Å². The quantitative estimate of drug-likeness (QED) is 0.0258. The number of benzene rings is 4. The van der Waals surface area contributed by atoms with E-state index in [-0.39, 0.29) is 34.3 Å². The molecule has 0 spiro atoms. The number of amides is 2. The van der Waals surface area contributed by atoms with E-state index in [2.05, 4.69) is 74.8 Å². The molecule has 1 fully saturated rings. The SMILES string of the molecule is CON=C(C(=O)NC1S[C@H]2CC(=O)N2C(C(=O)O)=C1Sc1nc2cc(CI)ccc2s1)c1csc(NC(c2ccccc2)(c2ccccc2)c2ccccc2)n1. The first-order chi connectivity index (χ1) is 27.3. The number of fused-ring (bicyclic) bond motifs is 2. The van der Waals surface area contributed by atoms with Crippen molar-refractivity contribution in [3.05, 3.63) is 153 Å². The zero-order valence-electron chi connectivity index (χ0n) is 29.4. The Morgan fingerprint density at radius 2 is 1.62 bits per heavy atom. The van der Waals surface area contributed by atoms with Gasteiger partial charge in [0, 0.05) is 9.81 Å². The minimum absolute atomic E-state index is 0.0956. The second kappa shape index (κ2) is 16.4. The van der Waals surface area contributed by atoms with Crippen LogP contribution in [0.2, 0.25) is 0 Å². The Morgan fingerprint density at radius 1 is 0.982 bits per heavy atom. The fourth-order valence-corrected chi connectivity index (χ4v) is 11.7. The first kappa shape index (κ1) is 38.1. The number of oxime groups is 1. The molecule has 0 aliphatic carbocycles. The third-order valence-corrected chi connectivity index (χ3v) is 14.6. The summed E-state index contributed by atoms with van der Waals surface area (Å²) in [7, 11) is 1.34. The first-order valence-corrected chi connectivity index (χ1v) is 22.2. The van der Waals surface area contributed by atoms with Crippen LogP contribution in [0.15, 0.2) is 135 Å². The Kier molecular flexibility index (Phi) is 11.2. The number of thiazole rings is 2. The van der Waals surface area contributed by atoms with Crippen LogP contribution in [0.3, 0.4) is 0 Å². The zero-order chi connectivity index (χ0) is 38.8. The summed E-state index contributed by atoms with van der Waals surface area (Å²) in [4.78, 5) is 56.2. The number of thioether (sulfide) groups is 2. The molecule has 1 unspecified atom stereocenters. The third-order valence-electron chi connectivity index (χ3n) is 9.22. The fraction of sp³-hybridized carbons (Fsp3) is 0.150. The fourth-order valence-electron chi connectivity index (χ4n) is 6.67. The number of anilines is 1. The molecule has 2 atom stereocenters. The van der Waals surface area contributed by atoms with Crippen molar-refractivity contribution in [3.63, 3.8) is 0 Å². The van der Waals surface area contributed by atoms with Gasteiger partial charge in [0.25, 0.3) is 5.91 Å². The molecule has 2 amide bonds. The zero-order valence-corrected chi connectivity index (χ0v) is 34.8. The monoisotopic (exact) mass is 930 g/mol. The van der Waals surface area contributed by atoms with Crippen LogP contribution in [0.5, 0.6) is 0 Å². The third kappa shape index (κ3) is 7.31. The summed E-state index contributed by atoms with van der Waals surface area (Å²) in [5.41, 5.74) is 4.01. The Labute approximate surface area is 351 Å². The maximum Gasteiger partial charge on any atom is 0.353 e. The van der Waals surface area contributed by atoms with Gasteiger partial charge in [-0.25, -0.2) is 14.8 Å². The Balaban J connectivity index is 1.13. The molecule has 4 aromatic carbocycles. The Hall–Kier alpha value is -4.75. The molecule has 6 aromatic rings. The Morgan fingerprint density at radius 3 is 2.20 bits per heavy atom. The summed E-state index contributed by atoms with van der Waals surface area (Å²) in [5.74, 6) is -2.18. The van der Waals surface area contributed by atoms with Gasteiger partial charge in [0.1, 0.15) is 29.4 Å². The van der Waals surface area contributed by atoms with E-state index in [1.54, 1.807) is 5.38 Å². The van der Waals surface area contributed by atoms with Gasteiger partial charge in [-0.2, -0.15) is 0 Å². The highest BCUT2D eigenvalue weighted by molar-refractivity contribution is 14.1. The minimum Gasteiger partial charge on any atom is -0.477 e. The number of nitrogens with one attached hydrogen (secondary N) is 2. The molecule has 282 valence electrons. The number of halogens is 1. The van der Waals surface area contributed by atoms with Crippen molar-refractivity contribution in [2.45, 2.75) is 31.5 Å². The molecule has 16 heteroatoms. The van der Waals surface area contributed by atoms with Gasteiger partial charge < -0.3 is 20.6 Å². The van der Waals surface area contributed by atoms with Crippen molar-refractivity contribution in [1.29, 1.82) is 0 Å². The molecule has 3 N–H and O–H groups in total. The highest BCUT2D eigenvalue weighted by Crippen LogP contribution is 2.49. The number of carbonyl (C=O) groups excluding carboxylic acids is 2. The average Bonchev–Trinajstić information content (AvgIpc) is 3.86. The summed E-state index contributed by atoms with van der Waals surface area (Å²) in [5, 5.41) is 22.2. The minimum atomic E-state index is -1.27. The smallest absolute Gasteiger partial charge is 0.353 e. The number of aromatic nitrogens is 2. The van der Waals surface area contributed by atoms with Crippen molar-refractivity contribution in [1.82, 2.24) is 20.2 Å².